The van der Waals surface area contributed by atoms with Crippen molar-refractivity contribution in [3.8, 4) is 0 Å². The number of halogens is 1. The zero-order valence-electron chi connectivity index (χ0n) is 10.7. The molecule has 0 aromatic heterocycles. The van der Waals surface area contributed by atoms with Crippen molar-refractivity contribution in [2.24, 2.45) is 0 Å². The van der Waals surface area contributed by atoms with Gasteiger partial charge in [-0.15, -0.1) is 0 Å². The molecule has 0 spiro atoms. The normalized spacial score (nSPS) is 17.8. The zero-order chi connectivity index (χ0) is 13.7. The van der Waals surface area contributed by atoms with Crippen molar-refractivity contribution >= 4 is 27.9 Å². The zero-order valence-corrected chi connectivity index (χ0v) is 12.3. The fraction of sp³-hybridized carbons (Fsp3) is 0.400. The van der Waals surface area contributed by atoms with Gasteiger partial charge in [-0.1, -0.05) is 47.0 Å². The second kappa shape index (κ2) is 6.35. The van der Waals surface area contributed by atoms with Gasteiger partial charge in [0.15, 0.2) is 0 Å². The number of rotatable bonds is 4. The number of hydrogen-bond acceptors (Lipinski definition) is 2. The molecule has 2 rings (SSSR count). The highest BCUT2D eigenvalue weighted by Crippen LogP contribution is 2.29. The fourth-order valence-electron chi connectivity index (χ4n) is 2.45. The largest absolute Gasteiger partial charge is 0.394 e. The fourth-order valence-corrected chi connectivity index (χ4v) is 2.87. The highest BCUT2D eigenvalue weighted by atomic mass is 79.9. The van der Waals surface area contributed by atoms with Crippen molar-refractivity contribution < 1.29 is 9.90 Å². The van der Waals surface area contributed by atoms with Gasteiger partial charge >= 0.3 is 0 Å². The summed E-state index contributed by atoms with van der Waals surface area (Å²) in [5, 5.41) is 12.4. The van der Waals surface area contributed by atoms with Gasteiger partial charge in [0.1, 0.15) is 0 Å². The van der Waals surface area contributed by atoms with Crippen LogP contribution in [-0.2, 0) is 4.79 Å². The second-order valence-electron chi connectivity index (χ2n) is 4.99. The molecule has 1 saturated carbocycles. The third kappa shape index (κ3) is 3.67. The molecule has 0 heterocycles. The molecular formula is C15H18BrNO2. The lowest BCUT2D eigenvalue weighted by molar-refractivity contribution is -0.118. The molecule has 2 N–H and O–H groups in total. The standard InChI is InChI=1S/C15H18BrNO2/c16-13-6-2-1-5-12(13)7-8-14(19)17-15(11-18)9-3-4-10-15/h1-2,5-8,18H,3-4,9-11H2,(H,17,19)/b8-7+. The van der Waals surface area contributed by atoms with E-state index in [1.54, 1.807) is 6.08 Å². The molecule has 0 bridgehead atoms. The number of benzene rings is 1. The van der Waals surface area contributed by atoms with Crippen molar-refractivity contribution in [3.05, 3.63) is 40.4 Å². The van der Waals surface area contributed by atoms with Gasteiger partial charge in [0, 0.05) is 10.5 Å². The van der Waals surface area contributed by atoms with Gasteiger partial charge in [-0.05, 0) is 30.5 Å². The van der Waals surface area contributed by atoms with Gasteiger partial charge < -0.3 is 10.4 Å². The summed E-state index contributed by atoms with van der Waals surface area (Å²) in [6.45, 7) is 0.0155. The first-order chi connectivity index (χ1) is 9.15. The Labute approximate surface area is 121 Å². The molecule has 1 aromatic carbocycles. The maximum absolute atomic E-state index is 11.9. The molecule has 1 aliphatic rings. The van der Waals surface area contributed by atoms with Gasteiger partial charge in [0.2, 0.25) is 5.91 Å². The molecule has 1 fully saturated rings. The Morgan fingerprint density at radius 3 is 2.68 bits per heavy atom. The molecular weight excluding hydrogens is 306 g/mol. The summed E-state index contributed by atoms with van der Waals surface area (Å²) in [5.41, 5.74) is 0.553. The molecule has 0 aliphatic heterocycles. The Morgan fingerprint density at radius 1 is 1.37 bits per heavy atom. The number of aliphatic hydroxyl groups is 1. The molecule has 0 saturated heterocycles. The van der Waals surface area contributed by atoms with Crippen LogP contribution in [0.15, 0.2) is 34.8 Å². The van der Waals surface area contributed by atoms with E-state index in [0.717, 1.165) is 35.7 Å². The van der Waals surface area contributed by atoms with Crippen LogP contribution in [0.5, 0.6) is 0 Å². The summed E-state index contributed by atoms with van der Waals surface area (Å²) in [6, 6.07) is 7.73. The lowest BCUT2D eigenvalue weighted by Gasteiger charge is -2.27. The molecule has 1 aliphatic carbocycles. The van der Waals surface area contributed by atoms with Crippen LogP contribution in [0.2, 0.25) is 0 Å². The topological polar surface area (TPSA) is 49.3 Å². The summed E-state index contributed by atoms with van der Waals surface area (Å²) in [4.78, 5) is 11.9. The molecule has 1 aromatic rings. The Morgan fingerprint density at radius 2 is 2.05 bits per heavy atom. The summed E-state index contributed by atoms with van der Waals surface area (Å²) < 4.78 is 0.955. The van der Waals surface area contributed by atoms with E-state index >= 15 is 0 Å². The van der Waals surface area contributed by atoms with Gasteiger partial charge in [0.25, 0.3) is 0 Å². The first kappa shape index (κ1) is 14.3. The van der Waals surface area contributed by atoms with E-state index in [-0.39, 0.29) is 12.5 Å². The Hall–Kier alpha value is -1.13. The van der Waals surface area contributed by atoms with Gasteiger partial charge in [0.05, 0.1) is 12.1 Å². The number of aliphatic hydroxyl groups excluding tert-OH is 1. The van der Waals surface area contributed by atoms with E-state index in [2.05, 4.69) is 21.2 Å². The first-order valence-electron chi connectivity index (χ1n) is 6.51. The molecule has 19 heavy (non-hydrogen) atoms. The number of carbonyl (C=O) groups excluding carboxylic acids is 1. The van der Waals surface area contributed by atoms with Crippen LogP contribution in [0.3, 0.4) is 0 Å². The average Bonchev–Trinajstić information content (AvgIpc) is 2.87. The second-order valence-corrected chi connectivity index (χ2v) is 5.84. The molecule has 0 radical (unpaired) electrons. The number of hydrogen-bond donors (Lipinski definition) is 2. The van der Waals surface area contributed by atoms with E-state index in [1.807, 2.05) is 24.3 Å². The van der Waals surface area contributed by atoms with E-state index < -0.39 is 5.54 Å². The summed E-state index contributed by atoms with van der Waals surface area (Å²) >= 11 is 3.44. The minimum absolute atomic E-state index is 0.0155. The van der Waals surface area contributed by atoms with E-state index in [1.165, 1.54) is 6.08 Å². The van der Waals surface area contributed by atoms with Crippen LogP contribution in [0, 0.1) is 0 Å². The van der Waals surface area contributed by atoms with Crippen LogP contribution in [0.25, 0.3) is 6.08 Å². The third-order valence-corrected chi connectivity index (χ3v) is 4.29. The SMILES string of the molecule is O=C(/C=C/c1ccccc1Br)NC1(CO)CCCC1. The number of nitrogens with one attached hydrogen (secondary N) is 1. The van der Waals surface area contributed by atoms with Crippen LogP contribution in [0.4, 0.5) is 0 Å². The van der Waals surface area contributed by atoms with E-state index in [0.29, 0.717) is 0 Å². The smallest absolute Gasteiger partial charge is 0.244 e. The quantitative estimate of drug-likeness (QED) is 0.837. The van der Waals surface area contributed by atoms with Crippen molar-refractivity contribution in [3.63, 3.8) is 0 Å². The van der Waals surface area contributed by atoms with E-state index in [9.17, 15) is 9.90 Å². The lowest BCUT2D eigenvalue weighted by Crippen LogP contribution is -2.48. The monoisotopic (exact) mass is 323 g/mol. The van der Waals surface area contributed by atoms with Crippen molar-refractivity contribution in [1.29, 1.82) is 0 Å². The van der Waals surface area contributed by atoms with Crippen LogP contribution in [0.1, 0.15) is 31.2 Å². The van der Waals surface area contributed by atoms with Crippen LogP contribution >= 0.6 is 15.9 Å². The van der Waals surface area contributed by atoms with Crippen LogP contribution < -0.4 is 5.32 Å². The first-order valence-corrected chi connectivity index (χ1v) is 7.30. The predicted molar refractivity (Wildman–Crippen MR) is 79.6 cm³/mol. The third-order valence-electron chi connectivity index (χ3n) is 3.57. The maximum Gasteiger partial charge on any atom is 0.244 e. The molecule has 1 amide bonds. The van der Waals surface area contributed by atoms with Crippen molar-refractivity contribution in [2.45, 2.75) is 31.2 Å². The summed E-state index contributed by atoms with van der Waals surface area (Å²) in [7, 11) is 0. The lowest BCUT2D eigenvalue weighted by atomic mass is 9.99. The molecule has 0 atom stereocenters. The Kier molecular flexibility index (Phi) is 4.77. The van der Waals surface area contributed by atoms with E-state index in [4.69, 9.17) is 0 Å². The molecule has 4 heteroatoms. The predicted octanol–water partition coefficient (Wildman–Crippen LogP) is 2.88. The molecule has 3 nitrogen and oxygen atoms in total. The summed E-state index contributed by atoms with van der Waals surface area (Å²) in [5.74, 6) is -0.147. The van der Waals surface area contributed by atoms with Crippen molar-refractivity contribution in [2.75, 3.05) is 6.61 Å². The Bertz CT molecular complexity index is 479. The average molecular weight is 324 g/mol. The number of amides is 1. The van der Waals surface area contributed by atoms with Gasteiger partial charge in [-0.3, -0.25) is 4.79 Å². The molecule has 0 unspecified atom stereocenters. The van der Waals surface area contributed by atoms with Crippen molar-refractivity contribution in [1.82, 2.24) is 5.32 Å². The van der Waals surface area contributed by atoms with Gasteiger partial charge in [-0.2, -0.15) is 0 Å². The minimum atomic E-state index is -0.407. The minimum Gasteiger partial charge on any atom is -0.394 e. The summed E-state index contributed by atoms with van der Waals surface area (Å²) in [6.07, 6.45) is 7.15. The maximum atomic E-state index is 11.9. The van der Waals surface area contributed by atoms with Gasteiger partial charge in [-0.25, -0.2) is 0 Å². The van der Waals surface area contributed by atoms with Crippen LogP contribution in [-0.4, -0.2) is 23.2 Å². The molecule has 102 valence electrons. The highest BCUT2D eigenvalue weighted by Gasteiger charge is 2.33. The Balaban J connectivity index is 2.00. The number of carbonyl (C=O) groups is 1. The highest BCUT2D eigenvalue weighted by molar-refractivity contribution is 9.10.